The Balaban J connectivity index is 2.03. The van der Waals surface area contributed by atoms with Gasteiger partial charge in [0.25, 0.3) is 0 Å². The first kappa shape index (κ1) is 14.1. The Kier molecular flexibility index (Phi) is 4.97. The molecule has 104 valence electrons. The van der Waals surface area contributed by atoms with Gasteiger partial charge >= 0.3 is 5.97 Å². The minimum absolute atomic E-state index is 0.0854. The molecule has 3 heteroatoms. The van der Waals surface area contributed by atoms with Crippen LogP contribution in [0.1, 0.15) is 48.5 Å². The molecule has 2 N–H and O–H groups in total. The number of rotatable bonds is 4. The highest BCUT2D eigenvalue weighted by atomic mass is 16.5. The molecule has 3 nitrogen and oxygen atoms in total. The van der Waals surface area contributed by atoms with Crippen molar-refractivity contribution in [3.05, 3.63) is 35.4 Å². The van der Waals surface area contributed by atoms with Gasteiger partial charge in [-0.2, -0.15) is 0 Å². The van der Waals surface area contributed by atoms with Crippen molar-refractivity contribution >= 4 is 5.97 Å². The van der Waals surface area contributed by atoms with Crippen molar-refractivity contribution in [1.29, 1.82) is 0 Å². The lowest BCUT2D eigenvalue weighted by atomic mass is 9.88. The van der Waals surface area contributed by atoms with E-state index in [1.54, 1.807) is 0 Å². The highest BCUT2D eigenvalue weighted by Crippen LogP contribution is 2.26. The first-order chi connectivity index (χ1) is 9.20. The van der Waals surface area contributed by atoms with Crippen molar-refractivity contribution in [3.8, 4) is 0 Å². The molecule has 2 atom stereocenters. The molecular weight excluding hydrogens is 238 g/mol. The summed E-state index contributed by atoms with van der Waals surface area (Å²) in [4.78, 5) is 12.3. The molecule has 1 aliphatic rings. The lowest BCUT2D eigenvalue weighted by Gasteiger charge is -2.26. The Morgan fingerprint density at radius 3 is 2.89 bits per heavy atom. The van der Waals surface area contributed by atoms with Crippen molar-refractivity contribution in [1.82, 2.24) is 0 Å². The van der Waals surface area contributed by atoms with Gasteiger partial charge in [-0.1, -0.05) is 31.5 Å². The molecule has 0 aromatic heterocycles. The zero-order valence-corrected chi connectivity index (χ0v) is 11.6. The number of carbonyl (C=O) groups excluding carboxylic acids is 1. The van der Waals surface area contributed by atoms with Crippen molar-refractivity contribution in [2.75, 3.05) is 6.54 Å². The predicted octanol–water partition coefficient (Wildman–Crippen LogP) is 2.92. The molecule has 19 heavy (non-hydrogen) atoms. The number of hydrogen-bond donors (Lipinski definition) is 1. The summed E-state index contributed by atoms with van der Waals surface area (Å²) in [5.41, 5.74) is 7.24. The van der Waals surface area contributed by atoms with E-state index in [1.807, 2.05) is 24.3 Å². The molecule has 0 amide bonds. The van der Waals surface area contributed by atoms with E-state index in [9.17, 15) is 4.79 Å². The number of ether oxygens (including phenoxy) is 1. The largest absolute Gasteiger partial charge is 0.459 e. The summed E-state index contributed by atoms with van der Waals surface area (Å²) < 4.78 is 5.66. The fraction of sp³-hybridized carbons (Fsp3) is 0.562. The van der Waals surface area contributed by atoms with Gasteiger partial charge in [0.1, 0.15) is 6.10 Å². The van der Waals surface area contributed by atoms with Crippen LogP contribution < -0.4 is 5.73 Å². The lowest BCUT2D eigenvalue weighted by molar-refractivity contribution is 0.0154. The molecule has 1 aliphatic carbocycles. The lowest BCUT2D eigenvalue weighted by Crippen LogP contribution is -2.25. The average molecular weight is 261 g/mol. The van der Waals surface area contributed by atoms with Crippen LogP contribution in [0.3, 0.4) is 0 Å². The van der Waals surface area contributed by atoms with Gasteiger partial charge < -0.3 is 10.5 Å². The van der Waals surface area contributed by atoms with Crippen molar-refractivity contribution in [2.45, 2.75) is 45.1 Å². The van der Waals surface area contributed by atoms with E-state index in [0.717, 1.165) is 24.8 Å². The third-order valence-corrected chi connectivity index (χ3v) is 3.81. The van der Waals surface area contributed by atoms with Gasteiger partial charge in [-0.05, 0) is 49.8 Å². The average Bonchev–Trinajstić information content (AvgIpc) is 2.39. The number of carbonyl (C=O) groups is 1. The zero-order valence-electron chi connectivity index (χ0n) is 11.6. The van der Waals surface area contributed by atoms with Gasteiger partial charge in [0.05, 0.1) is 5.56 Å². The Labute approximate surface area is 115 Å². The third-order valence-electron chi connectivity index (χ3n) is 3.81. The first-order valence-electron chi connectivity index (χ1n) is 7.19. The van der Waals surface area contributed by atoms with Crippen LogP contribution in [0.5, 0.6) is 0 Å². The molecule has 2 unspecified atom stereocenters. The van der Waals surface area contributed by atoms with E-state index >= 15 is 0 Å². The fourth-order valence-corrected chi connectivity index (χ4v) is 2.79. The summed E-state index contributed by atoms with van der Waals surface area (Å²) in [6.45, 7) is 2.77. The van der Waals surface area contributed by atoms with E-state index in [2.05, 4.69) is 6.92 Å². The topological polar surface area (TPSA) is 52.3 Å². The third kappa shape index (κ3) is 3.80. The first-order valence-corrected chi connectivity index (χ1v) is 7.19. The van der Waals surface area contributed by atoms with Gasteiger partial charge in [-0.15, -0.1) is 0 Å². The second-order valence-corrected chi connectivity index (χ2v) is 5.49. The Morgan fingerprint density at radius 1 is 1.37 bits per heavy atom. The summed E-state index contributed by atoms with van der Waals surface area (Å²) in [7, 11) is 0. The molecule has 0 bridgehead atoms. The highest BCUT2D eigenvalue weighted by molar-refractivity contribution is 5.91. The summed E-state index contributed by atoms with van der Waals surface area (Å²) in [5.74, 6) is 0.467. The second-order valence-electron chi connectivity index (χ2n) is 5.49. The number of esters is 1. The van der Waals surface area contributed by atoms with Gasteiger partial charge in [-0.25, -0.2) is 4.79 Å². The van der Waals surface area contributed by atoms with Crippen LogP contribution in [0.25, 0.3) is 0 Å². The van der Waals surface area contributed by atoms with Crippen molar-refractivity contribution < 1.29 is 9.53 Å². The van der Waals surface area contributed by atoms with Crippen LogP contribution in [0.15, 0.2) is 24.3 Å². The van der Waals surface area contributed by atoms with Gasteiger partial charge in [-0.3, -0.25) is 0 Å². The number of benzene rings is 1. The minimum atomic E-state index is -0.192. The molecule has 2 rings (SSSR count). The summed E-state index contributed by atoms with van der Waals surface area (Å²) in [5, 5.41) is 0. The Hall–Kier alpha value is -1.35. The zero-order chi connectivity index (χ0) is 13.7. The van der Waals surface area contributed by atoms with E-state index < -0.39 is 0 Å². The van der Waals surface area contributed by atoms with E-state index in [-0.39, 0.29) is 12.1 Å². The standard InChI is InChI=1S/C16H23NO2/c1-12-5-4-7-14(11-12)19-16(18)15-8-3-2-6-13(15)9-10-17/h2-3,6,8,12,14H,4-5,7,9-11,17H2,1H3. The monoisotopic (exact) mass is 261 g/mol. The highest BCUT2D eigenvalue weighted by Gasteiger charge is 2.23. The molecule has 1 fully saturated rings. The maximum atomic E-state index is 12.3. The normalized spacial score (nSPS) is 23.1. The minimum Gasteiger partial charge on any atom is -0.459 e. The van der Waals surface area contributed by atoms with Crippen molar-refractivity contribution in [2.24, 2.45) is 11.7 Å². The molecule has 1 aromatic rings. The van der Waals surface area contributed by atoms with Gasteiger partial charge in [0.2, 0.25) is 0 Å². The quantitative estimate of drug-likeness (QED) is 0.848. The molecule has 0 radical (unpaired) electrons. The van der Waals surface area contributed by atoms with Crippen LogP contribution in [-0.4, -0.2) is 18.6 Å². The van der Waals surface area contributed by atoms with Crippen LogP contribution in [0.4, 0.5) is 0 Å². The van der Waals surface area contributed by atoms with Crippen molar-refractivity contribution in [3.63, 3.8) is 0 Å². The maximum Gasteiger partial charge on any atom is 0.338 e. The predicted molar refractivity (Wildman–Crippen MR) is 76.0 cm³/mol. The molecule has 0 heterocycles. The molecular formula is C16H23NO2. The summed E-state index contributed by atoms with van der Waals surface area (Å²) >= 11 is 0. The number of nitrogens with two attached hydrogens (primary N) is 1. The van der Waals surface area contributed by atoms with Crippen LogP contribution >= 0.6 is 0 Å². The summed E-state index contributed by atoms with van der Waals surface area (Å²) in [6, 6.07) is 7.59. The fourth-order valence-electron chi connectivity index (χ4n) is 2.79. The van der Waals surface area contributed by atoms with Gasteiger partial charge in [0.15, 0.2) is 0 Å². The van der Waals surface area contributed by atoms with Crippen LogP contribution in [0.2, 0.25) is 0 Å². The SMILES string of the molecule is CC1CCCC(OC(=O)c2ccccc2CCN)C1. The number of hydrogen-bond acceptors (Lipinski definition) is 3. The van der Waals surface area contributed by atoms with Crippen LogP contribution in [-0.2, 0) is 11.2 Å². The van der Waals surface area contributed by atoms with Crippen LogP contribution in [0, 0.1) is 5.92 Å². The molecule has 1 aromatic carbocycles. The molecule has 0 spiro atoms. The summed E-state index contributed by atoms with van der Waals surface area (Å²) in [6.07, 6.45) is 5.19. The molecule has 1 saturated carbocycles. The molecule has 0 aliphatic heterocycles. The Bertz CT molecular complexity index is 431. The second kappa shape index (κ2) is 6.71. The van der Waals surface area contributed by atoms with E-state index in [1.165, 1.54) is 6.42 Å². The van der Waals surface area contributed by atoms with Gasteiger partial charge in [0, 0.05) is 0 Å². The maximum absolute atomic E-state index is 12.3. The van der Waals surface area contributed by atoms with E-state index in [4.69, 9.17) is 10.5 Å². The smallest absolute Gasteiger partial charge is 0.338 e. The Morgan fingerprint density at radius 2 is 2.16 bits per heavy atom. The van der Waals surface area contributed by atoms with E-state index in [0.29, 0.717) is 24.4 Å². The molecule has 0 saturated heterocycles.